The Morgan fingerprint density at radius 2 is 2.20 bits per heavy atom. The first-order valence-corrected chi connectivity index (χ1v) is 4.52. The molecule has 1 heterocycles. The predicted molar refractivity (Wildman–Crippen MR) is 54.5 cm³/mol. The lowest BCUT2D eigenvalue weighted by molar-refractivity contribution is -0.138. The van der Waals surface area contributed by atoms with E-state index in [1.54, 1.807) is 12.3 Å². The van der Waals surface area contributed by atoms with E-state index in [0.717, 1.165) is 5.56 Å². The maximum absolute atomic E-state index is 11.3. The molecule has 0 saturated carbocycles. The molecular weight excluding hydrogens is 196 g/mol. The normalized spacial score (nSPS) is 9.67. The monoisotopic (exact) mass is 208 g/mol. The van der Waals surface area contributed by atoms with Crippen LogP contribution in [0.2, 0.25) is 0 Å². The third-order valence-corrected chi connectivity index (χ3v) is 1.88. The summed E-state index contributed by atoms with van der Waals surface area (Å²) in [6.07, 6.45) is 2.98. The van der Waals surface area contributed by atoms with Crippen LogP contribution in [-0.4, -0.2) is 22.0 Å². The molecule has 0 aliphatic rings. The first kappa shape index (κ1) is 11.2. The van der Waals surface area contributed by atoms with Gasteiger partial charge in [-0.25, -0.2) is 0 Å². The van der Waals surface area contributed by atoms with Crippen molar-refractivity contribution >= 4 is 17.6 Å². The number of pyridine rings is 1. The van der Waals surface area contributed by atoms with Gasteiger partial charge in [0.1, 0.15) is 0 Å². The van der Waals surface area contributed by atoms with Crippen LogP contribution in [0.25, 0.3) is 0 Å². The minimum atomic E-state index is -0.979. The fraction of sp³-hybridized carbons (Fsp3) is 0.300. The number of aromatic nitrogens is 1. The van der Waals surface area contributed by atoms with Crippen molar-refractivity contribution in [2.45, 2.75) is 19.8 Å². The van der Waals surface area contributed by atoms with Gasteiger partial charge in [-0.15, -0.1) is 0 Å². The van der Waals surface area contributed by atoms with E-state index in [1.807, 2.05) is 6.92 Å². The Hall–Kier alpha value is -1.91. The number of rotatable bonds is 4. The van der Waals surface area contributed by atoms with E-state index in [0.29, 0.717) is 5.69 Å². The predicted octanol–water partition coefficient (Wildman–Crippen LogP) is 1.19. The molecule has 80 valence electrons. The van der Waals surface area contributed by atoms with Crippen molar-refractivity contribution in [2.24, 2.45) is 0 Å². The molecule has 0 unspecified atom stereocenters. The molecule has 0 aliphatic heterocycles. The summed E-state index contributed by atoms with van der Waals surface area (Å²) < 4.78 is 0. The molecule has 1 aromatic heterocycles. The van der Waals surface area contributed by atoms with E-state index in [-0.39, 0.29) is 18.7 Å². The number of carboxylic acids is 1. The minimum absolute atomic E-state index is 0.0241. The van der Waals surface area contributed by atoms with Gasteiger partial charge in [0.2, 0.25) is 5.91 Å². The smallest absolute Gasteiger partial charge is 0.303 e. The highest BCUT2D eigenvalue weighted by atomic mass is 16.4. The summed E-state index contributed by atoms with van der Waals surface area (Å²) in [4.78, 5) is 25.4. The average Bonchev–Trinajstić information content (AvgIpc) is 2.18. The van der Waals surface area contributed by atoms with Gasteiger partial charge in [0.05, 0.1) is 18.3 Å². The molecule has 1 rings (SSSR count). The van der Waals surface area contributed by atoms with Gasteiger partial charge in [-0.1, -0.05) is 0 Å². The Morgan fingerprint density at radius 3 is 2.80 bits per heavy atom. The van der Waals surface area contributed by atoms with Crippen LogP contribution < -0.4 is 5.32 Å². The molecule has 5 nitrogen and oxygen atoms in total. The Morgan fingerprint density at radius 1 is 1.47 bits per heavy atom. The molecule has 15 heavy (non-hydrogen) atoms. The Labute approximate surface area is 87.1 Å². The number of nitrogens with zero attached hydrogens (tertiary/aromatic N) is 1. The third-order valence-electron chi connectivity index (χ3n) is 1.88. The minimum Gasteiger partial charge on any atom is -0.481 e. The number of nitrogens with one attached hydrogen (secondary N) is 1. The number of carbonyl (C=O) groups is 2. The van der Waals surface area contributed by atoms with Crippen molar-refractivity contribution < 1.29 is 14.7 Å². The third kappa shape index (κ3) is 3.76. The molecule has 0 aliphatic carbocycles. The lowest BCUT2D eigenvalue weighted by Gasteiger charge is -2.06. The largest absolute Gasteiger partial charge is 0.481 e. The SMILES string of the molecule is Cc1ccncc1NC(=O)CCC(=O)O. The summed E-state index contributed by atoms with van der Waals surface area (Å²) in [5.74, 6) is -1.29. The van der Waals surface area contributed by atoms with Crippen molar-refractivity contribution in [2.75, 3.05) is 5.32 Å². The van der Waals surface area contributed by atoms with Crippen molar-refractivity contribution in [3.8, 4) is 0 Å². The zero-order valence-corrected chi connectivity index (χ0v) is 8.36. The maximum Gasteiger partial charge on any atom is 0.303 e. The van der Waals surface area contributed by atoms with Crippen LogP contribution >= 0.6 is 0 Å². The quantitative estimate of drug-likeness (QED) is 0.779. The Bertz CT molecular complexity index is 377. The summed E-state index contributed by atoms with van der Waals surface area (Å²) >= 11 is 0. The molecular formula is C10H12N2O3. The van der Waals surface area contributed by atoms with E-state index in [1.165, 1.54) is 6.20 Å². The Kier molecular flexibility index (Phi) is 3.79. The molecule has 0 fully saturated rings. The van der Waals surface area contributed by atoms with Crippen LogP contribution in [0.1, 0.15) is 18.4 Å². The number of aliphatic carboxylic acids is 1. The van der Waals surface area contributed by atoms with Crippen LogP contribution in [0.5, 0.6) is 0 Å². The fourth-order valence-corrected chi connectivity index (χ4v) is 1.03. The van der Waals surface area contributed by atoms with E-state index in [2.05, 4.69) is 10.3 Å². The first-order chi connectivity index (χ1) is 7.09. The van der Waals surface area contributed by atoms with Crippen molar-refractivity contribution in [1.82, 2.24) is 4.98 Å². The van der Waals surface area contributed by atoms with Crippen LogP contribution in [0.4, 0.5) is 5.69 Å². The summed E-state index contributed by atoms with van der Waals surface area (Å²) in [5, 5.41) is 11.0. The lowest BCUT2D eigenvalue weighted by atomic mass is 10.2. The number of carbonyl (C=O) groups excluding carboxylic acids is 1. The fourth-order valence-electron chi connectivity index (χ4n) is 1.03. The number of hydrogen-bond donors (Lipinski definition) is 2. The maximum atomic E-state index is 11.3. The number of anilines is 1. The van der Waals surface area contributed by atoms with Crippen LogP contribution in [0, 0.1) is 6.92 Å². The zero-order valence-electron chi connectivity index (χ0n) is 8.36. The number of aryl methyl sites for hydroxylation is 1. The molecule has 0 saturated heterocycles. The van der Waals surface area contributed by atoms with Gasteiger partial charge in [-0.3, -0.25) is 14.6 Å². The molecule has 2 N–H and O–H groups in total. The second-order valence-corrected chi connectivity index (χ2v) is 3.13. The standard InChI is InChI=1S/C10H12N2O3/c1-7-4-5-11-6-8(7)12-9(13)2-3-10(14)15/h4-6H,2-3H2,1H3,(H,12,13)(H,14,15). The van der Waals surface area contributed by atoms with E-state index < -0.39 is 5.97 Å². The molecule has 0 aromatic carbocycles. The van der Waals surface area contributed by atoms with E-state index in [9.17, 15) is 9.59 Å². The van der Waals surface area contributed by atoms with E-state index >= 15 is 0 Å². The highest BCUT2D eigenvalue weighted by Crippen LogP contribution is 2.11. The molecule has 1 aromatic rings. The van der Waals surface area contributed by atoms with Crippen molar-refractivity contribution in [1.29, 1.82) is 0 Å². The summed E-state index contributed by atoms with van der Waals surface area (Å²) in [6, 6.07) is 1.77. The van der Waals surface area contributed by atoms with Gasteiger partial charge in [0, 0.05) is 12.6 Å². The van der Waals surface area contributed by atoms with Crippen LogP contribution in [-0.2, 0) is 9.59 Å². The molecule has 0 radical (unpaired) electrons. The summed E-state index contributed by atoms with van der Waals surface area (Å²) in [5.41, 5.74) is 1.52. The Balaban J connectivity index is 2.52. The number of carboxylic acid groups (broad SMARTS) is 1. The second-order valence-electron chi connectivity index (χ2n) is 3.13. The van der Waals surface area contributed by atoms with Crippen LogP contribution in [0.15, 0.2) is 18.5 Å². The van der Waals surface area contributed by atoms with Gasteiger partial charge >= 0.3 is 5.97 Å². The van der Waals surface area contributed by atoms with Crippen LogP contribution in [0.3, 0.4) is 0 Å². The number of amides is 1. The zero-order chi connectivity index (χ0) is 11.3. The molecule has 0 bridgehead atoms. The van der Waals surface area contributed by atoms with Gasteiger partial charge in [0.15, 0.2) is 0 Å². The topological polar surface area (TPSA) is 79.3 Å². The van der Waals surface area contributed by atoms with Gasteiger partial charge in [0.25, 0.3) is 0 Å². The van der Waals surface area contributed by atoms with Gasteiger partial charge in [-0.2, -0.15) is 0 Å². The number of hydrogen-bond acceptors (Lipinski definition) is 3. The van der Waals surface area contributed by atoms with Gasteiger partial charge < -0.3 is 10.4 Å². The van der Waals surface area contributed by atoms with E-state index in [4.69, 9.17) is 5.11 Å². The molecule has 0 atom stereocenters. The van der Waals surface area contributed by atoms with Crippen molar-refractivity contribution in [3.05, 3.63) is 24.0 Å². The second kappa shape index (κ2) is 5.09. The summed E-state index contributed by atoms with van der Waals surface area (Å²) in [6.45, 7) is 1.84. The molecule has 5 heteroatoms. The molecule has 1 amide bonds. The highest BCUT2D eigenvalue weighted by molar-refractivity contribution is 5.92. The summed E-state index contributed by atoms with van der Waals surface area (Å²) in [7, 11) is 0. The van der Waals surface area contributed by atoms with Gasteiger partial charge in [-0.05, 0) is 18.6 Å². The highest BCUT2D eigenvalue weighted by Gasteiger charge is 2.06. The lowest BCUT2D eigenvalue weighted by Crippen LogP contribution is -2.14. The van der Waals surface area contributed by atoms with Crippen molar-refractivity contribution in [3.63, 3.8) is 0 Å². The molecule has 0 spiro atoms. The average molecular weight is 208 g/mol. The first-order valence-electron chi connectivity index (χ1n) is 4.52.